The lowest BCUT2D eigenvalue weighted by molar-refractivity contribution is -0.274. The molecule has 1 heterocycles. The average Bonchev–Trinajstić information content (AvgIpc) is 2.85. The van der Waals surface area contributed by atoms with Gasteiger partial charge in [-0.15, -0.1) is 13.2 Å². The van der Waals surface area contributed by atoms with Crippen molar-refractivity contribution in [1.29, 1.82) is 0 Å². The highest BCUT2D eigenvalue weighted by molar-refractivity contribution is 5.32. The number of aliphatic hydroxyl groups is 1. The van der Waals surface area contributed by atoms with E-state index in [9.17, 15) is 18.3 Å². The quantitative estimate of drug-likeness (QED) is 0.940. The zero-order valence-corrected chi connectivity index (χ0v) is 10.6. The molecule has 2 rings (SSSR count). The molecule has 0 fully saturated rings. The Morgan fingerprint density at radius 2 is 1.90 bits per heavy atom. The number of nitrogens with zero attached hydrogens (tertiary/aromatic N) is 2. The molecule has 1 atom stereocenters. The van der Waals surface area contributed by atoms with Crippen molar-refractivity contribution in [3.63, 3.8) is 0 Å². The molecule has 0 saturated carbocycles. The Hall–Kier alpha value is -2.02. The van der Waals surface area contributed by atoms with Gasteiger partial charge in [-0.1, -0.05) is 12.1 Å². The molecule has 2 aromatic rings. The standard InChI is InChI=1S/C13H13F3N2O2/c1-2-18-8-10(7-17-18)12(19)9-3-5-11(6-4-9)20-13(14,15)16/h3-8,12,19H,2H2,1H3. The van der Waals surface area contributed by atoms with Gasteiger partial charge in [0.25, 0.3) is 0 Å². The minimum Gasteiger partial charge on any atom is -0.406 e. The smallest absolute Gasteiger partial charge is 0.406 e. The van der Waals surface area contributed by atoms with Gasteiger partial charge < -0.3 is 9.84 Å². The molecule has 0 aliphatic heterocycles. The molecule has 0 bridgehead atoms. The van der Waals surface area contributed by atoms with E-state index >= 15 is 0 Å². The van der Waals surface area contributed by atoms with E-state index in [-0.39, 0.29) is 5.75 Å². The van der Waals surface area contributed by atoms with Crippen molar-refractivity contribution >= 4 is 0 Å². The molecule has 108 valence electrons. The van der Waals surface area contributed by atoms with Gasteiger partial charge in [0.2, 0.25) is 0 Å². The fourth-order valence-corrected chi connectivity index (χ4v) is 1.74. The van der Waals surface area contributed by atoms with Crippen molar-refractivity contribution in [2.75, 3.05) is 0 Å². The van der Waals surface area contributed by atoms with E-state index in [1.807, 2.05) is 6.92 Å². The van der Waals surface area contributed by atoms with Crippen LogP contribution < -0.4 is 4.74 Å². The minimum absolute atomic E-state index is 0.322. The Bertz CT molecular complexity index is 564. The Labute approximate surface area is 113 Å². The van der Waals surface area contributed by atoms with Crippen LogP contribution in [0.2, 0.25) is 0 Å². The lowest BCUT2D eigenvalue weighted by Gasteiger charge is -2.11. The van der Waals surface area contributed by atoms with Crippen LogP contribution in [0.25, 0.3) is 0 Å². The third-order valence-electron chi connectivity index (χ3n) is 2.72. The molecule has 0 amide bonds. The van der Waals surface area contributed by atoms with Crippen molar-refractivity contribution in [3.8, 4) is 5.75 Å². The summed E-state index contributed by atoms with van der Waals surface area (Å²) in [5.74, 6) is -0.322. The second-order valence-corrected chi connectivity index (χ2v) is 4.15. The zero-order chi connectivity index (χ0) is 14.8. The molecule has 0 aliphatic carbocycles. The van der Waals surface area contributed by atoms with Crippen LogP contribution in [0.3, 0.4) is 0 Å². The van der Waals surface area contributed by atoms with Crippen LogP contribution in [0.5, 0.6) is 5.75 Å². The summed E-state index contributed by atoms with van der Waals surface area (Å²) in [6.07, 6.45) is -2.45. The number of aliphatic hydroxyl groups excluding tert-OH is 1. The number of hydrogen-bond donors (Lipinski definition) is 1. The molecule has 20 heavy (non-hydrogen) atoms. The number of benzene rings is 1. The molecule has 0 aliphatic rings. The average molecular weight is 286 g/mol. The maximum Gasteiger partial charge on any atom is 0.573 e. The van der Waals surface area contributed by atoms with Crippen LogP contribution >= 0.6 is 0 Å². The van der Waals surface area contributed by atoms with Gasteiger partial charge in [-0.3, -0.25) is 4.68 Å². The van der Waals surface area contributed by atoms with E-state index in [2.05, 4.69) is 9.84 Å². The molecule has 1 N–H and O–H groups in total. The van der Waals surface area contributed by atoms with E-state index in [0.717, 1.165) is 12.1 Å². The van der Waals surface area contributed by atoms with Crippen molar-refractivity contribution in [3.05, 3.63) is 47.8 Å². The maximum absolute atomic E-state index is 12.0. The first kappa shape index (κ1) is 14.4. The molecule has 1 aromatic heterocycles. The van der Waals surface area contributed by atoms with Crippen LogP contribution in [0.15, 0.2) is 36.7 Å². The second-order valence-electron chi connectivity index (χ2n) is 4.15. The van der Waals surface area contributed by atoms with Crippen LogP contribution in [0.1, 0.15) is 24.2 Å². The number of aryl methyl sites for hydroxylation is 1. The number of aromatic nitrogens is 2. The van der Waals surface area contributed by atoms with Crippen molar-refractivity contribution < 1.29 is 23.0 Å². The lowest BCUT2D eigenvalue weighted by atomic mass is 10.0. The van der Waals surface area contributed by atoms with Gasteiger partial charge in [-0.25, -0.2) is 0 Å². The van der Waals surface area contributed by atoms with Crippen molar-refractivity contribution in [1.82, 2.24) is 9.78 Å². The van der Waals surface area contributed by atoms with E-state index in [4.69, 9.17) is 0 Å². The monoisotopic (exact) mass is 286 g/mol. The van der Waals surface area contributed by atoms with Gasteiger partial charge in [-0.2, -0.15) is 5.10 Å². The van der Waals surface area contributed by atoms with E-state index in [1.165, 1.54) is 18.3 Å². The highest BCUT2D eigenvalue weighted by Crippen LogP contribution is 2.26. The van der Waals surface area contributed by atoms with E-state index in [1.54, 1.807) is 10.9 Å². The summed E-state index contributed by atoms with van der Waals surface area (Å²) in [4.78, 5) is 0. The van der Waals surface area contributed by atoms with Crippen LogP contribution in [0, 0.1) is 0 Å². The van der Waals surface area contributed by atoms with Crippen LogP contribution in [-0.2, 0) is 6.54 Å². The molecule has 0 saturated heterocycles. The number of rotatable bonds is 4. The van der Waals surface area contributed by atoms with E-state index in [0.29, 0.717) is 17.7 Å². The summed E-state index contributed by atoms with van der Waals surface area (Å²) in [5, 5.41) is 14.1. The molecule has 1 unspecified atom stereocenters. The maximum atomic E-state index is 12.0. The fourth-order valence-electron chi connectivity index (χ4n) is 1.74. The second kappa shape index (κ2) is 5.54. The summed E-state index contributed by atoms with van der Waals surface area (Å²) in [5.41, 5.74) is 1.05. The molecule has 1 aromatic carbocycles. The number of alkyl halides is 3. The number of halogens is 3. The number of hydrogen-bond acceptors (Lipinski definition) is 3. The molecule has 0 radical (unpaired) electrons. The SMILES string of the molecule is CCn1cc(C(O)c2ccc(OC(F)(F)F)cc2)cn1. The Balaban J connectivity index is 2.13. The number of ether oxygens (including phenoxy) is 1. The van der Waals surface area contributed by atoms with Crippen molar-refractivity contribution in [2.24, 2.45) is 0 Å². The highest BCUT2D eigenvalue weighted by Gasteiger charge is 2.31. The van der Waals surface area contributed by atoms with Crippen molar-refractivity contribution in [2.45, 2.75) is 25.9 Å². The first-order chi connectivity index (χ1) is 9.39. The summed E-state index contributed by atoms with van der Waals surface area (Å²) < 4.78 is 41.5. The fraction of sp³-hybridized carbons (Fsp3) is 0.308. The third kappa shape index (κ3) is 3.51. The zero-order valence-electron chi connectivity index (χ0n) is 10.6. The first-order valence-corrected chi connectivity index (χ1v) is 5.95. The topological polar surface area (TPSA) is 47.3 Å². The lowest BCUT2D eigenvalue weighted by Crippen LogP contribution is -2.17. The predicted octanol–water partition coefficient (Wildman–Crippen LogP) is 2.88. The Morgan fingerprint density at radius 1 is 1.25 bits per heavy atom. The normalized spacial score (nSPS) is 13.2. The molecule has 0 spiro atoms. The minimum atomic E-state index is -4.72. The molecular weight excluding hydrogens is 273 g/mol. The Morgan fingerprint density at radius 3 is 2.40 bits per heavy atom. The van der Waals surface area contributed by atoms with Gasteiger partial charge >= 0.3 is 6.36 Å². The van der Waals surface area contributed by atoms with Gasteiger partial charge in [-0.05, 0) is 24.6 Å². The van der Waals surface area contributed by atoms with Crippen LogP contribution in [-0.4, -0.2) is 21.2 Å². The molecule has 4 nitrogen and oxygen atoms in total. The molecular formula is C13H13F3N2O2. The van der Waals surface area contributed by atoms with Gasteiger partial charge in [0, 0.05) is 18.3 Å². The summed E-state index contributed by atoms with van der Waals surface area (Å²) in [7, 11) is 0. The first-order valence-electron chi connectivity index (χ1n) is 5.95. The largest absolute Gasteiger partial charge is 0.573 e. The van der Waals surface area contributed by atoms with Gasteiger partial charge in [0.15, 0.2) is 0 Å². The van der Waals surface area contributed by atoms with E-state index < -0.39 is 12.5 Å². The molecule has 7 heteroatoms. The predicted molar refractivity (Wildman–Crippen MR) is 65.1 cm³/mol. The summed E-state index contributed by atoms with van der Waals surface area (Å²) in [6, 6.07) is 5.09. The summed E-state index contributed by atoms with van der Waals surface area (Å²) >= 11 is 0. The van der Waals surface area contributed by atoms with Crippen LogP contribution in [0.4, 0.5) is 13.2 Å². The third-order valence-corrected chi connectivity index (χ3v) is 2.72. The Kier molecular flexibility index (Phi) is 3.99. The highest BCUT2D eigenvalue weighted by atomic mass is 19.4. The summed E-state index contributed by atoms with van der Waals surface area (Å²) in [6.45, 7) is 2.58. The van der Waals surface area contributed by atoms with Gasteiger partial charge in [0.1, 0.15) is 11.9 Å². The van der Waals surface area contributed by atoms with Gasteiger partial charge in [0.05, 0.1) is 6.20 Å².